The molecule has 0 fully saturated rings. The van der Waals surface area contributed by atoms with Crippen molar-refractivity contribution in [1.29, 1.82) is 0 Å². The summed E-state index contributed by atoms with van der Waals surface area (Å²) in [6.45, 7) is 1.76. The lowest BCUT2D eigenvalue weighted by atomic mass is 10.1. The third kappa shape index (κ3) is 2.02. The molecule has 0 aliphatic carbocycles. The van der Waals surface area contributed by atoms with Gasteiger partial charge in [-0.3, -0.25) is 9.78 Å². The Morgan fingerprint density at radius 3 is 2.91 bits per heavy atom. The maximum atomic E-state index is 10.7. The summed E-state index contributed by atoms with van der Waals surface area (Å²) in [5.41, 5.74) is 0.854. The Morgan fingerprint density at radius 2 is 2.45 bits per heavy atom. The molecule has 2 nitrogen and oxygen atoms in total. The fourth-order valence-corrected chi connectivity index (χ4v) is 0.889. The lowest BCUT2D eigenvalue weighted by molar-refractivity contribution is -0.112. The maximum Gasteiger partial charge on any atom is 0.228 e. The van der Waals surface area contributed by atoms with Crippen LogP contribution in [0.15, 0.2) is 24.5 Å². The molecule has 0 spiro atoms. The van der Waals surface area contributed by atoms with Gasteiger partial charge in [0.1, 0.15) is 0 Å². The molecule has 0 saturated carbocycles. The summed E-state index contributed by atoms with van der Waals surface area (Å²) in [4.78, 5) is 14.6. The molecule has 0 aliphatic heterocycles. The molecule has 1 aromatic rings. The van der Waals surface area contributed by atoms with Gasteiger partial charge in [0.25, 0.3) is 0 Å². The predicted molar refractivity (Wildman–Crippen MR) is 43.5 cm³/mol. The minimum Gasteiger partial charge on any atom is -0.281 e. The van der Waals surface area contributed by atoms with E-state index in [-0.39, 0.29) is 11.2 Å². The van der Waals surface area contributed by atoms with Crippen LogP contribution in [0.3, 0.4) is 0 Å². The number of rotatable bonds is 2. The van der Waals surface area contributed by atoms with Crippen molar-refractivity contribution in [2.75, 3.05) is 0 Å². The quantitative estimate of drug-likeness (QED) is 0.634. The van der Waals surface area contributed by atoms with E-state index in [1.54, 1.807) is 25.4 Å². The summed E-state index contributed by atoms with van der Waals surface area (Å²) in [7, 11) is 0. The lowest BCUT2D eigenvalue weighted by Crippen LogP contribution is -2.01. The van der Waals surface area contributed by atoms with Crippen LogP contribution >= 0.6 is 11.6 Å². The van der Waals surface area contributed by atoms with E-state index in [1.807, 2.05) is 6.07 Å². The summed E-state index contributed by atoms with van der Waals surface area (Å²) >= 11 is 5.30. The average molecular weight is 170 g/mol. The lowest BCUT2D eigenvalue weighted by Gasteiger charge is -2.03. The topological polar surface area (TPSA) is 30.0 Å². The second-order valence-corrected chi connectivity index (χ2v) is 2.68. The van der Waals surface area contributed by atoms with Crippen molar-refractivity contribution in [3.05, 3.63) is 30.1 Å². The normalized spacial score (nSPS) is 12.5. The fraction of sp³-hybridized carbons (Fsp3) is 0.250. The maximum absolute atomic E-state index is 10.7. The first-order valence-corrected chi connectivity index (χ1v) is 3.69. The van der Waals surface area contributed by atoms with E-state index in [9.17, 15) is 4.79 Å². The number of carbonyl (C=O) groups excluding carboxylic acids is 1. The van der Waals surface area contributed by atoms with Gasteiger partial charge in [0.2, 0.25) is 5.24 Å². The van der Waals surface area contributed by atoms with Gasteiger partial charge in [0.05, 0.1) is 5.92 Å². The van der Waals surface area contributed by atoms with Gasteiger partial charge in [-0.1, -0.05) is 13.0 Å². The zero-order chi connectivity index (χ0) is 8.27. The van der Waals surface area contributed by atoms with Crippen LogP contribution in [0.4, 0.5) is 0 Å². The second-order valence-electron chi connectivity index (χ2n) is 2.31. The largest absolute Gasteiger partial charge is 0.281 e. The van der Waals surface area contributed by atoms with E-state index < -0.39 is 0 Å². The number of halogens is 1. The molecule has 0 aromatic carbocycles. The highest BCUT2D eigenvalue weighted by Crippen LogP contribution is 2.15. The van der Waals surface area contributed by atoms with E-state index >= 15 is 0 Å². The Labute approximate surface area is 70.2 Å². The Kier molecular flexibility index (Phi) is 2.60. The summed E-state index contributed by atoms with van der Waals surface area (Å²) in [6, 6.07) is 3.61. The van der Waals surface area contributed by atoms with Crippen molar-refractivity contribution >= 4 is 16.8 Å². The van der Waals surface area contributed by atoms with Crippen molar-refractivity contribution in [3.8, 4) is 0 Å². The van der Waals surface area contributed by atoms with Gasteiger partial charge in [-0.15, -0.1) is 0 Å². The molecule has 1 rings (SSSR count). The van der Waals surface area contributed by atoms with E-state index in [0.717, 1.165) is 5.56 Å². The standard InChI is InChI=1S/C8H8ClNO/c1-6(8(9)11)7-3-2-4-10-5-7/h2-6H,1H3. The van der Waals surface area contributed by atoms with Gasteiger partial charge < -0.3 is 0 Å². The molecule has 0 aliphatic rings. The molecule has 3 heteroatoms. The third-order valence-electron chi connectivity index (χ3n) is 1.52. The van der Waals surface area contributed by atoms with Crippen molar-refractivity contribution in [1.82, 2.24) is 4.98 Å². The van der Waals surface area contributed by atoms with Gasteiger partial charge >= 0.3 is 0 Å². The highest BCUT2D eigenvalue weighted by molar-refractivity contribution is 6.64. The van der Waals surface area contributed by atoms with Crippen LogP contribution < -0.4 is 0 Å². The molecule has 0 N–H and O–H groups in total. The zero-order valence-electron chi connectivity index (χ0n) is 6.12. The predicted octanol–water partition coefficient (Wildman–Crippen LogP) is 1.95. The first-order chi connectivity index (χ1) is 5.22. The van der Waals surface area contributed by atoms with Gasteiger partial charge in [-0.25, -0.2) is 0 Å². The number of nitrogens with zero attached hydrogens (tertiary/aromatic N) is 1. The summed E-state index contributed by atoms with van der Waals surface area (Å²) in [5, 5.41) is -0.349. The molecule has 0 radical (unpaired) electrons. The third-order valence-corrected chi connectivity index (χ3v) is 1.85. The van der Waals surface area contributed by atoms with Crippen LogP contribution in [0, 0.1) is 0 Å². The van der Waals surface area contributed by atoms with Crippen LogP contribution in [0.1, 0.15) is 18.4 Å². The number of pyridine rings is 1. The smallest absolute Gasteiger partial charge is 0.228 e. The van der Waals surface area contributed by atoms with Gasteiger partial charge in [0, 0.05) is 12.4 Å². The molecule has 1 aromatic heterocycles. The Hall–Kier alpha value is -0.890. The van der Waals surface area contributed by atoms with Crippen LogP contribution in [-0.4, -0.2) is 10.2 Å². The van der Waals surface area contributed by atoms with Crippen molar-refractivity contribution in [2.24, 2.45) is 0 Å². The van der Waals surface area contributed by atoms with E-state index in [0.29, 0.717) is 0 Å². The molecule has 58 valence electrons. The van der Waals surface area contributed by atoms with Gasteiger partial charge in [0.15, 0.2) is 0 Å². The summed E-state index contributed by atoms with van der Waals surface area (Å²) < 4.78 is 0. The molecule has 0 amide bonds. The van der Waals surface area contributed by atoms with Gasteiger partial charge in [-0.2, -0.15) is 0 Å². The van der Waals surface area contributed by atoms with Crippen molar-refractivity contribution < 1.29 is 4.79 Å². The Morgan fingerprint density at radius 1 is 1.73 bits per heavy atom. The first-order valence-electron chi connectivity index (χ1n) is 3.31. The molecule has 0 saturated heterocycles. The van der Waals surface area contributed by atoms with Crippen LogP contribution in [0.5, 0.6) is 0 Å². The average Bonchev–Trinajstić information content (AvgIpc) is 2.05. The van der Waals surface area contributed by atoms with E-state index in [1.165, 1.54) is 0 Å². The van der Waals surface area contributed by atoms with Crippen LogP contribution in [0.2, 0.25) is 0 Å². The monoisotopic (exact) mass is 169 g/mol. The summed E-state index contributed by atoms with van der Waals surface area (Å²) in [6.07, 6.45) is 3.31. The van der Waals surface area contributed by atoms with E-state index in [4.69, 9.17) is 11.6 Å². The Balaban J connectivity index is 2.85. The van der Waals surface area contributed by atoms with Crippen LogP contribution in [-0.2, 0) is 4.79 Å². The van der Waals surface area contributed by atoms with Crippen molar-refractivity contribution in [3.63, 3.8) is 0 Å². The second kappa shape index (κ2) is 3.49. The van der Waals surface area contributed by atoms with E-state index in [2.05, 4.69) is 4.98 Å². The fourth-order valence-electron chi connectivity index (χ4n) is 0.763. The van der Waals surface area contributed by atoms with Crippen LogP contribution in [0.25, 0.3) is 0 Å². The zero-order valence-corrected chi connectivity index (χ0v) is 6.88. The molecular formula is C8H8ClNO. The van der Waals surface area contributed by atoms with Gasteiger partial charge in [-0.05, 0) is 23.2 Å². The molecular weight excluding hydrogens is 162 g/mol. The number of aromatic nitrogens is 1. The minimum absolute atomic E-state index is 0.259. The summed E-state index contributed by atoms with van der Waals surface area (Å²) in [5.74, 6) is -0.259. The number of hydrogen-bond acceptors (Lipinski definition) is 2. The minimum atomic E-state index is -0.349. The molecule has 1 unspecified atom stereocenters. The molecule has 0 bridgehead atoms. The highest BCUT2D eigenvalue weighted by Gasteiger charge is 2.11. The Bertz CT molecular complexity index is 248. The number of carbonyl (C=O) groups is 1. The molecule has 1 atom stereocenters. The number of hydrogen-bond donors (Lipinski definition) is 0. The highest BCUT2D eigenvalue weighted by atomic mass is 35.5. The first kappa shape index (κ1) is 8.21. The molecule has 1 heterocycles. The molecule has 11 heavy (non-hydrogen) atoms. The van der Waals surface area contributed by atoms with Crippen molar-refractivity contribution in [2.45, 2.75) is 12.8 Å². The SMILES string of the molecule is CC(C(=O)Cl)c1cccnc1.